The molecule has 0 saturated heterocycles. The van der Waals surface area contributed by atoms with E-state index in [1.54, 1.807) is 7.11 Å². The van der Waals surface area contributed by atoms with E-state index >= 15 is 0 Å². The van der Waals surface area contributed by atoms with Gasteiger partial charge in [-0.3, -0.25) is 0 Å². The molecule has 0 spiro atoms. The van der Waals surface area contributed by atoms with Crippen molar-refractivity contribution in [2.45, 2.75) is 20.1 Å². The zero-order valence-electron chi connectivity index (χ0n) is 7.46. The van der Waals surface area contributed by atoms with Gasteiger partial charge in [0.2, 0.25) is 0 Å². The van der Waals surface area contributed by atoms with Crippen LogP contribution in [0.15, 0.2) is 10.8 Å². The first-order chi connectivity index (χ1) is 5.88. The van der Waals surface area contributed by atoms with Crippen molar-refractivity contribution in [1.82, 2.24) is 10.3 Å². The Morgan fingerprint density at radius 3 is 3.17 bits per heavy atom. The predicted octanol–water partition coefficient (Wildman–Crippen LogP) is 0.931. The molecule has 1 N–H and O–H groups in total. The van der Waals surface area contributed by atoms with E-state index in [9.17, 15) is 0 Å². The summed E-state index contributed by atoms with van der Waals surface area (Å²) in [6.07, 6.45) is 1.45. The molecule has 0 aliphatic carbocycles. The van der Waals surface area contributed by atoms with Crippen LogP contribution >= 0.6 is 0 Å². The van der Waals surface area contributed by atoms with Crippen LogP contribution in [0.2, 0.25) is 0 Å². The molecule has 4 heteroatoms. The van der Waals surface area contributed by atoms with Gasteiger partial charge in [0, 0.05) is 13.7 Å². The Labute approximate surface area is 71.9 Å². The van der Waals surface area contributed by atoms with Crippen LogP contribution in [-0.2, 0) is 17.9 Å². The van der Waals surface area contributed by atoms with Gasteiger partial charge in [-0.25, -0.2) is 4.98 Å². The maximum absolute atomic E-state index is 5.13. The number of ether oxygens (including phenoxy) is 1. The zero-order valence-corrected chi connectivity index (χ0v) is 7.46. The van der Waals surface area contributed by atoms with Gasteiger partial charge in [0.1, 0.15) is 6.61 Å². The summed E-state index contributed by atoms with van der Waals surface area (Å²) in [7, 11) is 1.64. The van der Waals surface area contributed by atoms with E-state index in [0.29, 0.717) is 6.61 Å². The lowest BCUT2D eigenvalue weighted by atomic mass is 10.3. The van der Waals surface area contributed by atoms with Crippen LogP contribution < -0.4 is 5.32 Å². The molecule has 0 unspecified atom stereocenters. The van der Waals surface area contributed by atoms with Crippen molar-refractivity contribution in [3.05, 3.63) is 17.8 Å². The van der Waals surface area contributed by atoms with Gasteiger partial charge in [0.25, 0.3) is 0 Å². The molecule has 0 aromatic carbocycles. The van der Waals surface area contributed by atoms with Gasteiger partial charge in [-0.15, -0.1) is 0 Å². The highest BCUT2D eigenvalue weighted by Gasteiger charge is 2.05. The Morgan fingerprint density at radius 2 is 2.50 bits per heavy atom. The van der Waals surface area contributed by atoms with Crippen molar-refractivity contribution < 1.29 is 9.15 Å². The lowest BCUT2D eigenvalue weighted by molar-refractivity contribution is 0.163. The van der Waals surface area contributed by atoms with Crippen LogP contribution in [0.3, 0.4) is 0 Å². The first kappa shape index (κ1) is 9.22. The largest absolute Gasteiger partial charge is 0.446 e. The second-order valence-corrected chi connectivity index (χ2v) is 2.44. The van der Waals surface area contributed by atoms with Crippen LogP contribution in [0.4, 0.5) is 0 Å². The van der Waals surface area contributed by atoms with Crippen LogP contribution in [0.5, 0.6) is 0 Å². The molecule has 1 aromatic rings. The summed E-state index contributed by atoms with van der Waals surface area (Å²) in [6.45, 7) is 4.21. The summed E-state index contributed by atoms with van der Waals surface area (Å²) >= 11 is 0. The lowest BCUT2D eigenvalue weighted by Crippen LogP contribution is -2.13. The molecule has 0 aliphatic rings. The molecule has 0 fully saturated rings. The van der Waals surface area contributed by atoms with Crippen molar-refractivity contribution >= 4 is 0 Å². The third kappa shape index (κ3) is 2.32. The Morgan fingerprint density at radius 1 is 1.67 bits per heavy atom. The van der Waals surface area contributed by atoms with Crippen molar-refractivity contribution in [3.8, 4) is 0 Å². The Balaban J connectivity index is 2.51. The van der Waals surface area contributed by atoms with Gasteiger partial charge in [0.15, 0.2) is 12.2 Å². The molecule has 0 aliphatic heterocycles. The lowest BCUT2D eigenvalue weighted by Gasteiger charge is -1.99. The number of hydrogen-bond acceptors (Lipinski definition) is 4. The van der Waals surface area contributed by atoms with Crippen LogP contribution in [0.1, 0.15) is 18.4 Å². The number of methoxy groups -OCH3 is 1. The average Bonchev–Trinajstić information content (AvgIpc) is 2.50. The molecule has 0 saturated carbocycles. The summed E-state index contributed by atoms with van der Waals surface area (Å²) in [5, 5.41) is 3.17. The average molecular weight is 170 g/mol. The van der Waals surface area contributed by atoms with Crippen LogP contribution in [0, 0.1) is 0 Å². The van der Waals surface area contributed by atoms with E-state index in [2.05, 4.69) is 17.2 Å². The van der Waals surface area contributed by atoms with Gasteiger partial charge in [-0.2, -0.15) is 0 Å². The normalized spacial score (nSPS) is 10.5. The molecule has 0 radical (unpaired) electrons. The van der Waals surface area contributed by atoms with E-state index in [1.807, 2.05) is 0 Å². The number of rotatable bonds is 5. The summed E-state index contributed by atoms with van der Waals surface area (Å²) in [5.41, 5.74) is 0.929. The second-order valence-electron chi connectivity index (χ2n) is 2.44. The summed E-state index contributed by atoms with van der Waals surface area (Å²) in [5.74, 6) is 0.804. The first-order valence-corrected chi connectivity index (χ1v) is 3.99. The topological polar surface area (TPSA) is 47.3 Å². The summed E-state index contributed by atoms with van der Waals surface area (Å²) < 4.78 is 10.1. The van der Waals surface area contributed by atoms with E-state index in [-0.39, 0.29) is 0 Å². The van der Waals surface area contributed by atoms with Crippen molar-refractivity contribution in [2.24, 2.45) is 0 Å². The molecule has 1 heterocycles. The number of nitrogens with zero attached hydrogens (tertiary/aromatic N) is 1. The Hall–Kier alpha value is -0.870. The van der Waals surface area contributed by atoms with E-state index in [0.717, 1.165) is 24.5 Å². The van der Waals surface area contributed by atoms with Gasteiger partial charge < -0.3 is 14.5 Å². The molecule has 1 rings (SSSR count). The zero-order chi connectivity index (χ0) is 8.81. The standard InChI is InChI=1S/C8H14N2O2/c1-3-9-4-7-8(5-11-2)12-6-10-7/h6,9H,3-5H2,1-2H3. The SMILES string of the molecule is CCNCc1ncoc1COC. The highest BCUT2D eigenvalue weighted by molar-refractivity contribution is 5.05. The van der Waals surface area contributed by atoms with Crippen molar-refractivity contribution in [1.29, 1.82) is 0 Å². The minimum absolute atomic E-state index is 0.487. The minimum Gasteiger partial charge on any atom is -0.446 e. The quantitative estimate of drug-likeness (QED) is 0.714. The van der Waals surface area contributed by atoms with Gasteiger partial charge in [-0.1, -0.05) is 6.92 Å². The number of nitrogens with one attached hydrogen (secondary N) is 1. The third-order valence-corrected chi connectivity index (χ3v) is 1.54. The maximum atomic E-state index is 5.13. The minimum atomic E-state index is 0.487. The fraction of sp³-hybridized carbons (Fsp3) is 0.625. The Kier molecular flexibility index (Phi) is 3.76. The van der Waals surface area contributed by atoms with E-state index in [4.69, 9.17) is 9.15 Å². The van der Waals surface area contributed by atoms with Gasteiger partial charge in [0.05, 0.1) is 5.69 Å². The summed E-state index contributed by atoms with van der Waals surface area (Å²) in [4.78, 5) is 4.06. The highest BCUT2D eigenvalue weighted by atomic mass is 16.5. The van der Waals surface area contributed by atoms with Gasteiger partial charge in [-0.05, 0) is 6.54 Å². The number of hydrogen-bond donors (Lipinski definition) is 1. The molecule has 0 atom stereocenters. The molecular formula is C8H14N2O2. The van der Waals surface area contributed by atoms with E-state index in [1.165, 1.54) is 6.39 Å². The highest BCUT2D eigenvalue weighted by Crippen LogP contribution is 2.06. The maximum Gasteiger partial charge on any atom is 0.181 e. The number of oxazole rings is 1. The first-order valence-electron chi connectivity index (χ1n) is 3.99. The summed E-state index contributed by atoms with van der Waals surface area (Å²) in [6, 6.07) is 0. The molecule has 4 nitrogen and oxygen atoms in total. The monoisotopic (exact) mass is 170 g/mol. The fourth-order valence-corrected chi connectivity index (χ4v) is 0.930. The van der Waals surface area contributed by atoms with E-state index < -0.39 is 0 Å². The number of aromatic nitrogens is 1. The smallest absolute Gasteiger partial charge is 0.181 e. The molecular weight excluding hydrogens is 156 g/mol. The Bertz CT molecular complexity index is 223. The second kappa shape index (κ2) is 4.90. The van der Waals surface area contributed by atoms with Crippen molar-refractivity contribution in [3.63, 3.8) is 0 Å². The van der Waals surface area contributed by atoms with Crippen molar-refractivity contribution in [2.75, 3.05) is 13.7 Å². The van der Waals surface area contributed by atoms with Crippen LogP contribution in [0.25, 0.3) is 0 Å². The van der Waals surface area contributed by atoms with Gasteiger partial charge >= 0.3 is 0 Å². The molecule has 12 heavy (non-hydrogen) atoms. The molecule has 1 aromatic heterocycles. The fourth-order valence-electron chi connectivity index (χ4n) is 0.930. The van der Waals surface area contributed by atoms with Crippen LogP contribution in [-0.4, -0.2) is 18.6 Å². The third-order valence-electron chi connectivity index (χ3n) is 1.54. The molecule has 0 amide bonds. The predicted molar refractivity (Wildman–Crippen MR) is 44.6 cm³/mol. The molecule has 0 bridgehead atoms. The molecule has 68 valence electrons.